The molecule has 5 heteroatoms. The van der Waals surface area contributed by atoms with Crippen molar-refractivity contribution in [3.05, 3.63) is 28.8 Å². The molecule has 0 aliphatic rings. The number of rotatable bonds is 4. The lowest BCUT2D eigenvalue weighted by atomic mass is 10.1. The van der Waals surface area contributed by atoms with Crippen LogP contribution in [0.3, 0.4) is 0 Å². The Labute approximate surface area is 115 Å². The Hall–Kier alpha value is -0.740. The van der Waals surface area contributed by atoms with Crippen molar-refractivity contribution in [3.8, 4) is 5.75 Å². The Morgan fingerprint density at radius 2 is 2.24 bits per heavy atom. The number of halogens is 2. The van der Waals surface area contributed by atoms with Crippen molar-refractivity contribution >= 4 is 33.4 Å². The van der Waals surface area contributed by atoms with Crippen molar-refractivity contribution in [1.82, 2.24) is 4.90 Å². The van der Waals surface area contributed by atoms with Gasteiger partial charge in [0, 0.05) is 23.4 Å². The van der Waals surface area contributed by atoms with Gasteiger partial charge in [0.1, 0.15) is 5.75 Å². The van der Waals surface area contributed by atoms with Crippen molar-refractivity contribution in [1.29, 1.82) is 0 Å². The molecule has 0 aliphatic carbocycles. The van der Waals surface area contributed by atoms with E-state index in [9.17, 15) is 4.79 Å². The smallest absolute Gasteiger partial charge is 0.257 e. The molecule has 0 bridgehead atoms. The zero-order valence-electron chi connectivity index (χ0n) is 10.0. The first-order valence-corrected chi connectivity index (χ1v) is 6.48. The van der Waals surface area contributed by atoms with E-state index in [0.29, 0.717) is 22.9 Å². The standard InChI is InChI=1S/C12H15BrClNO2/c1-8(13)7-15(2)12(16)10-5-4-9(14)6-11(10)17-3/h4-6,8H,7H2,1-3H3. The molecule has 3 nitrogen and oxygen atoms in total. The molecule has 0 fully saturated rings. The molecule has 17 heavy (non-hydrogen) atoms. The van der Waals surface area contributed by atoms with Crippen molar-refractivity contribution in [2.75, 3.05) is 20.7 Å². The number of carbonyl (C=O) groups is 1. The van der Waals surface area contributed by atoms with Crippen LogP contribution < -0.4 is 4.74 Å². The predicted octanol–water partition coefficient (Wildman–Crippen LogP) is 3.20. The molecule has 0 heterocycles. The lowest BCUT2D eigenvalue weighted by molar-refractivity contribution is 0.0794. The monoisotopic (exact) mass is 319 g/mol. The number of benzene rings is 1. The zero-order valence-corrected chi connectivity index (χ0v) is 12.4. The lowest BCUT2D eigenvalue weighted by Crippen LogP contribution is -2.31. The van der Waals surface area contributed by atoms with Crippen LogP contribution in [0.25, 0.3) is 0 Å². The first-order valence-electron chi connectivity index (χ1n) is 5.18. The number of amides is 1. The molecule has 1 aromatic carbocycles. The van der Waals surface area contributed by atoms with Gasteiger partial charge in [-0.2, -0.15) is 0 Å². The van der Waals surface area contributed by atoms with Gasteiger partial charge in [0.15, 0.2) is 0 Å². The molecular formula is C12H15BrClNO2. The van der Waals surface area contributed by atoms with E-state index in [4.69, 9.17) is 16.3 Å². The Balaban J connectivity index is 2.95. The average Bonchev–Trinajstić information content (AvgIpc) is 2.27. The Morgan fingerprint density at radius 1 is 1.59 bits per heavy atom. The second kappa shape index (κ2) is 6.26. The van der Waals surface area contributed by atoms with Crippen LogP contribution in [-0.4, -0.2) is 36.3 Å². The summed E-state index contributed by atoms with van der Waals surface area (Å²) in [7, 11) is 3.28. The van der Waals surface area contributed by atoms with Crippen LogP contribution in [0.2, 0.25) is 5.02 Å². The van der Waals surface area contributed by atoms with Crippen molar-refractivity contribution in [2.45, 2.75) is 11.8 Å². The number of nitrogens with zero attached hydrogens (tertiary/aromatic N) is 1. The van der Waals surface area contributed by atoms with Crippen molar-refractivity contribution in [3.63, 3.8) is 0 Å². The van der Waals surface area contributed by atoms with Gasteiger partial charge in [-0.1, -0.05) is 34.5 Å². The van der Waals surface area contributed by atoms with Crippen LogP contribution in [0.5, 0.6) is 5.75 Å². The van der Waals surface area contributed by atoms with Gasteiger partial charge in [0.05, 0.1) is 12.7 Å². The number of carbonyl (C=O) groups excluding carboxylic acids is 1. The summed E-state index contributed by atoms with van der Waals surface area (Å²) in [5.41, 5.74) is 0.521. The normalized spacial score (nSPS) is 12.1. The van der Waals surface area contributed by atoms with Gasteiger partial charge in [-0.25, -0.2) is 0 Å². The highest BCUT2D eigenvalue weighted by atomic mass is 79.9. The third kappa shape index (κ3) is 3.89. The van der Waals surface area contributed by atoms with Crippen molar-refractivity contribution in [2.24, 2.45) is 0 Å². The minimum absolute atomic E-state index is 0.0789. The zero-order chi connectivity index (χ0) is 13.0. The Morgan fingerprint density at radius 3 is 2.76 bits per heavy atom. The fourth-order valence-corrected chi connectivity index (χ4v) is 2.10. The molecule has 0 saturated heterocycles. The molecule has 1 atom stereocenters. The van der Waals surface area contributed by atoms with Crippen LogP contribution in [0, 0.1) is 0 Å². The highest BCUT2D eigenvalue weighted by Gasteiger charge is 2.17. The second-order valence-electron chi connectivity index (χ2n) is 3.81. The first-order chi connectivity index (χ1) is 7.95. The quantitative estimate of drug-likeness (QED) is 0.797. The lowest BCUT2D eigenvalue weighted by Gasteiger charge is -2.19. The number of methoxy groups -OCH3 is 1. The summed E-state index contributed by atoms with van der Waals surface area (Å²) in [6.45, 7) is 2.62. The molecule has 0 radical (unpaired) electrons. The van der Waals surface area contributed by atoms with Gasteiger partial charge in [-0.15, -0.1) is 0 Å². The van der Waals surface area contributed by atoms with Crippen LogP contribution in [-0.2, 0) is 0 Å². The van der Waals surface area contributed by atoms with E-state index in [1.807, 2.05) is 6.92 Å². The van der Waals surface area contributed by atoms with E-state index < -0.39 is 0 Å². The number of ether oxygens (including phenoxy) is 1. The molecule has 1 rings (SSSR count). The minimum Gasteiger partial charge on any atom is -0.496 e. The Bertz CT molecular complexity index is 409. The molecule has 1 amide bonds. The molecule has 94 valence electrons. The highest BCUT2D eigenvalue weighted by Crippen LogP contribution is 2.24. The van der Waals surface area contributed by atoms with Crippen LogP contribution in [0.15, 0.2) is 18.2 Å². The maximum atomic E-state index is 12.2. The van der Waals surface area contributed by atoms with Crippen LogP contribution in [0.4, 0.5) is 0 Å². The topological polar surface area (TPSA) is 29.5 Å². The summed E-state index contributed by atoms with van der Waals surface area (Å²) >= 11 is 9.27. The van der Waals surface area contributed by atoms with E-state index in [-0.39, 0.29) is 10.7 Å². The van der Waals surface area contributed by atoms with E-state index in [1.165, 1.54) is 7.11 Å². The van der Waals surface area contributed by atoms with E-state index in [1.54, 1.807) is 30.1 Å². The minimum atomic E-state index is -0.0789. The SMILES string of the molecule is COc1cc(Cl)ccc1C(=O)N(C)CC(C)Br. The summed E-state index contributed by atoms with van der Waals surface area (Å²) in [6.07, 6.45) is 0. The molecule has 0 saturated carbocycles. The van der Waals surface area contributed by atoms with Gasteiger partial charge in [0.2, 0.25) is 0 Å². The maximum absolute atomic E-state index is 12.2. The predicted molar refractivity (Wildman–Crippen MR) is 73.4 cm³/mol. The molecule has 1 aromatic rings. The van der Waals surface area contributed by atoms with Crippen molar-refractivity contribution < 1.29 is 9.53 Å². The second-order valence-corrected chi connectivity index (χ2v) is 5.81. The molecule has 0 N–H and O–H groups in total. The number of hydrogen-bond acceptors (Lipinski definition) is 2. The van der Waals surface area contributed by atoms with Gasteiger partial charge < -0.3 is 9.64 Å². The number of alkyl halides is 1. The van der Waals surface area contributed by atoms with E-state index in [0.717, 1.165) is 0 Å². The Kier molecular flexibility index (Phi) is 5.28. The molecule has 0 aromatic heterocycles. The molecule has 0 aliphatic heterocycles. The van der Waals surface area contributed by atoms with Crippen LogP contribution >= 0.6 is 27.5 Å². The van der Waals surface area contributed by atoms with Gasteiger partial charge in [-0.05, 0) is 18.2 Å². The largest absolute Gasteiger partial charge is 0.496 e. The fourth-order valence-electron chi connectivity index (χ4n) is 1.51. The summed E-state index contributed by atoms with van der Waals surface area (Å²) in [5.74, 6) is 0.418. The third-order valence-corrected chi connectivity index (χ3v) is 2.79. The van der Waals surface area contributed by atoms with Gasteiger partial charge in [0.25, 0.3) is 5.91 Å². The summed E-state index contributed by atoms with van der Waals surface area (Å²) in [5, 5.41) is 0.551. The summed E-state index contributed by atoms with van der Waals surface area (Å²) < 4.78 is 5.16. The summed E-state index contributed by atoms with van der Waals surface area (Å²) in [4.78, 5) is 14.0. The molecule has 0 spiro atoms. The van der Waals surface area contributed by atoms with E-state index in [2.05, 4.69) is 15.9 Å². The summed E-state index contributed by atoms with van der Waals surface area (Å²) in [6, 6.07) is 5.00. The highest BCUT2D eigenvalue weighted by molar-refractivity contribution is 9.09. The molecule has 1 unspecified atom stereocenters. The van der Waals surface area contributed by atoms with E-state index >= 15 is 0 Å². The molecular weight excluding hydrogens is 305 g/mol. The van der Waals surface area contributed by atoms with Gasteiger partial charge in [-0.3, -0.25) is 4.79 Å². The maximum Gasteiger partial charge on any atom is 0.257 e. The number of hydrogen-bond donors (Lipinski definition) is 0. The van der Waals surface area contributed by atoms with Crippen LogP contribution in [0.1, 0.15) is 17.3 Å². The average molecular weight is 321 g/mol. The first kappa shape index (κ1) is 14.3. The third-order valence-electron chi connectivity index (χ3n) is 2.27. The van der Waals surface area contributed by atoms with Gasteiger partial charge >= 0.3 is 0 Å². The fraction of sp³-hybridized carbons (Fsp3) is 0.417.